The molecule has 6 heteroatoms. The Balaban J connectivity index is 2.51. The maximum atomic E-state index is 11.3. The number of phenols is 1. The van der Waals surface area contributed by atoms with Crippen LogP contribution in [0.15, 0.2) is 24.3 Å². The van der Waals surface area contributed by atoms with Gasteiger partial charge >= 0.3 is 11.8 Å². The number of phenolic OH excluding ortho intramolecular Hbond substituents is 1. The molecule has 0 unspecified atom stereocenters. The van der Waals surface area contributed by atoms with Crippen molar-refractivity contribution in [2.75, 3.05) is 11.9 Å². The minimum atomic E-state index is -0.851. The molecule has 17 heavy (non-hydrogen) atoms. The zero-order chi connectivity index (χ0) is 12.8. The van der Waals surface area contributed by atoms with Gasteiger partial charge in [0.15, 0.2) is 0 Å². The van der Waals surface area contributed by atoms with Crippen molar-refractivity contribution >= 4 is 17.5 Å². The molecule has 0 radical (unpaired) electrons. The number of hydrogen-bond acceptors (Lipinski definition) is 4. The first kappa shape index (κ1) is 13.0. The van der Waals surface area contributed by atoms with Crippen LogP contribution < -0.4 is 10.6 Å². The normalized spacial score (nSPS) is 11.6. The smallest absolute Gasteiger partial charge is 0.313 e. The zero-order valence-electron chi connectivity index (χ0n) is 9.30. The molecule has 4 N–H and O–H groups in total. The molecule has 0 saturated heterocycles. The highest BCUT2D eigenvalue weighted by Gasteiger charge is 2.13. The number of carbonyl (C=O) groups excluding carboxylic acids is 2. The molecule has 1 atom stereocenters. The second kappa shape index (κ2) is 5.86. The number of hydrogen-bond donors (Lipinski definition) is 4. The number of aliphatic hydroxyl groups is 1. The Kier molecular flexibility index (Phi) is 4.47. The van der Waals surface area contributed by atoms with Crippen molar-refractivity contribution in [3.05, 3.63) is 24.3 Å². The van der Waals surface area contributed by atoms with Crippen LogP contribution in [-0.2, 0) is 9.59 Å². The van der Waals surface area contributed by atoms with E-state index in [1.165, 1.54) is 19.1 Å². The third-order valence-corrected chi connectivity index (χ3v) is 1.87. The van der Waals surface area contributed by atoms with Crippen LogP contribution in [0.5, 0.6) is 5.75 Å². The number of anilines is 1. The quantitative estimate of drug-likeness (QED) is 0.549. The molecule has 0 aromatic heterocycles. The fourth-order valence-electron chi connectivity index (χ4n) is 1.09. The molecule has 0 aliphatic heterocycles. The molecule has 1 aromatic rings. The van der Waals surface area contributed by atoms with Gasteiger partial charge in [-0.3, -0.25) is 9.59 Å². The molecule has 0 bridgehead atoms. The number of amides is 2. The van der Waals surface area contributed by atoms with E-state index in [2.05, 4.69) is 10.6 Å². The average Bonchev–Trinajstić information content (AvgIpc) is 2.25. The first-order valence-electron chi connectivity index (χ1n) is 5.05. The molecular formula is C11H14N2O4. The molecule has 1 rings (SSSR count). The van der Waals surface area contributed by atoms with Gasteiger partial charge in [-0.1, -0.05) is 6.07 Å². The topological polar surface area (TPSA) is 98.7 Å². The first-order chi connectivity index (χ1) is 7.99. The van der Waals surface area contributed by atoms with E-state index in [-0.39, 0.29) is 12.3 Å². The van der Waals surface area contributed by atoms with Gasteiger partial charge in [0.25, 0.3) is 0 Å². The highest BCUT2D eigenvalue weighted by Crippen LogP contribution is 2.14. The van der Waals surface area contributed by atoms with Crippen molar-refractivity contribution in [1.29, 1.82) is 0 Å². The molecule has 0 aliphatic rings. The number of aliphatic hydroxyl groups excluding tert-OH is 1. The van der Waals surface area contributed by atoms with Crippen LogP contribution in [0.4, 0.5) is 5.69 Å². The summed E-state index contributed by atoms with van der Waals surface area (Å²) in [6, 6.07) is 5.85. The largest absolute Gasteiger partial charge is 0.508 e. The van der Waals surface area contributed by atoms with E-state index >= 15 is 0 Å². The third-order valence-electron chi connectivity index (χ3n) is 1.87. The Morgan fingerprint density at radius 1 is 1.35 bits per heavy atom. The Bertz CT molecular complexity index is 418. The Hall–Kier alpha value is -2.08. The Labute approximate surface area is 98.3 Å². The number of aromatic hydroxyl groups is 1. The van der Waals surface area contributed by atoms with Gasteiger partial charge in [0.05, 0.1) is 6.10 Å². The third kappa shape index (κ3) is 4.52. The lowest BCUT2D eigenvalue weighted by Gasteiger charge is -2.07. The van der Waals surface area contributed by atoms with E-state index in [4.69, 9.17) is 10.2 Å². The van der Waals surface area contributed by atoms with Gasteiger partial charge in [0.1, 0.15) is 5.75 Å². The summed E-state index contributed by atoms with van der Waals surface area (Å²) < 4.78 is 0. The monoisotopic (exact) mass is 238 g/mol. The lowest BCUT2D eigenvalue weighted by molar-refractivity contribution is -0.136. The zero-order valence-corrected chi connectivity index (χ0v) is 9.30. The van der Waals surface area contributed by atoms with E-state index in [9.17, 15) is 9.59 Å². The van der Waals surface area contributed by atoms with Gasteiger partial charge in [-0.15, -0.1) is 0 Å². The Morgan fingerprint density at radius 2 is 2.06 bits per heavy atom. The first-order valence-corrected chi connectivity index (χ1v) is 5.05. The molecule has 2 amide bonds. The summed E-state index contributed by atoms with van der Waals surface area (Å²) in [6.45, 7) is 1.50. The van der Waals surface area contributed by atoms with Crippen LogP contribution in [0.25, 0.3) is 0 Å². The molecular weight excluding hydrogens is 224 g/mol. The number of carbonyl (C=O) groups is 2. The summed E-state index contributed by atoms with van der Waals surface area (Å²) in [5.41, 5.74) is 0.321. The highest BCUT2D eigenvalue weighted by molar-refractivity contribution is 6.39. The van der Waals surface area contributed by atoms with Crippen LogP contribution in [0.3, 0.4) is 0 Å². The molecule has 0 heterocycles. The summed E-state index contributed by atoms with van der Waals surface area (Å²) in [7, 11) is 0. The van der Waals surface area contributed by atoms with Crippen LogP contribution in [0.2, 0.25) is 0 Å². The molecule has 0 aliphatic carbocycles. The van der Waals surface area contributed by atoms with Crippen molar-refractivity contribution in [3.8, 4) is 5.75 Å². The van der Waals surface area contributed by atoms with Gasteiger partial charge in [0.2, 0.25) is 0 Å². The summed E-state index contributed by atoms with van der Waals surface area (Å²) in [6.07, 6.45) is -0.715. The predicted molar refractivity (Wildman–Crippen MR) is 61.4 cm³/mol. The predicted octanol–water partition coefficient (Wildman–Crippen LogP) is -0.172. The number of rotatable bonds is 3. The molecule has 1 aromatic carbocycles. The fourth-order valence-corrected chi connectivity index (χ4v) is 1.09. The van der Waals surface area contributed by atoms with Crippen molar-refractivity contribution in [1.82, 2.24) is 5.32 Å². The molecule has 0 fully saturated rings. The van der Waals surface area contributed by atoms with Gasteiger partial charge in [-0.05, 0) is 19.1 Å². The van der Waals surface area contributed by atoms with Gasteiger partial charge in [-0.2, -0.15) is 0 Å². The summed E-state index contributed by atoms with van der Waals surface area (Å²) in [5, 5.41) is 22.7. The molecule has 92 valence electrons. The van der Waals surface area contributed by atoms with Crippen LogP contribution in [0, 0.1) is 0 Å². The minimum absolute atomic E-state index is 0.00624. The van der Waals surface area contributed by atoms with E-state index in [1.54, 1.807) is 12.1 Å². The second-order valence-electron chi connectivity index (χ2n) is 3.56. The second-order valence-corrected chi connectivity index (χ2v) is 3.56. The summed E-state index contributed by atoms with van der Waals surface area (Å²) >= 11 is 0. The van der Waals surface area contributed by atoms with Gasteiger partial charge in [-0.25, -0.2) is 0 Å². The van der Waals surface area contributed by atoms with Crippen LogP contribution in [-0.4, -0.2) is 34.7 Å². The molecule has 0 saturated carbocycles. The minimum Gasteiger partial charge on any atom is -0.508 e. The average molecular weight is 238 g/mol. The van der Waals surface area contributed by atoms with Gasteiger partial charge in [0, 0.05) is 18.3 Å². The van der Waals surface area contributed by atoms with Crippen molar-refractivity contribution < 1.29 is 19.8 Å². The van der Waals surface area contributed by atoms with E-state index in [0.717, 1.165) is 0 Å². The van der Waals surface area contributed by atoms with Crippen molar-refractivity contribution in [2.24, 2.45) is 0 Å². The maximum absolute atomic E-state index is 11.3. The van der Waals surface area contributed by atoms with E-state index < -0.39 is 17.9 Å². The van der Waals surface area contributed by atoms with Crippen LogP contribution >= 0.6 is 0 Å². The molecule has 6 nitrogen and oxygen atoms in total. The summed E-state index contributed by atoms with van der Waals surface area (Å²) in [4.78, 5) is 22.6. The lowest BCUT2D eigenvalue weighted by atomic mass is 10.3. The molecule has 0 spiro atoms. The van der Waals surface area contributed by atoms with E-state index in [1.807, 2.05) is 0 Å². The van der Waals surface area contributed by atoms with Gasteiger partial charge < -0.3 is 20.8 Å². The van der Waals surface area contributed by atoms with E-state index in [0.29, 0.717) is 5.69 Å². The SMILES string of the molecule is C[C@@H](O)CNC(=O)C(=O)Nc1cccc(O)c1. The van der Waals surface area contributed by atoms with Crippen molar-refractivity contribution in [2.45, 2.75) is 13.0 Å². The standard InChI is InChI=1S/C11H14N2O4/c1-7(14)6-12-10(16)11(17)13-8-3-2-4-9(15)5-8/h2-5,7,14-15H,6H2,1H3,(H,12,16)(H,13,17)/t7-/m1/s1. The fraction of sp³-hybridized carbons (Fsp3) is 0.273. The Morgan fingerprint density at radius 3 is 2.65 bits per heavy atom. The number of nitrogens with one attached hydrogen (secondary N) is 2. The highest BCUT2D eigenvalue weighted by atomic mass is 16.3. The van der Waals surface area contributed by atoms with Crippen molar-refractivity contribution in [3.63, 3.8) is 0 Å². The maximum Gasteiger partial charge on any atom is 0.313 e. The van der Waals surface area contributed by atoms with Crippen LogP contribution in [0.1, 0.15) is 6.92 Å². The number of benzene rings is 1. The lowest BCUT2D eigenvalue weighted by Crippen LogP contribution is -2.38. The summed E-state index contributed by atoms with van der Waals surface area (Å²) in [5.74, 6) is -1.70.